The van der Waals surface area contributed by atoms with Gasteiger partial charge in [-0.3, -0.25) is 19.1 Å². The highest BCUT2D eigenvalue weighted by Gasteiger charge is 2.61. The van der Waals surface area contributed by atoms with Crippen molar-refractivity contribution in [1.29, 1.82) is 0 Å². The SMILES string of the molecule is CC(C)OC1CCC1.CC1(C)C[C@@H]1C(=O)N1CC2(CN(C(=O)c3cnn(Cc4ccccc4)c3)C[C@H]2C(N)=O)C1.[HH]. The zero-order chi connectivity index (χ0) is 28.7. The zero-order valence-corrected chi connectivity index (χ0v) is 24.2. The lowest BCUT2D eigenvalue weighted by Crippen LogP contribution is -2.64. The number of nitrogens with zero attached hydrogens (tertiary/aromatic N) is 4. The van der Waals surface area contributed by atoms with E-state index in [1.165, 1.54) is 19.3 Å². The number of carbonyl (C=O) groups is 3. The summed E-state index contributed by atoms with van der Waals surface area (Å²) in [5.41, 5.74) is 6.94. The van der Waals surface area contributed by atoms with Crippen LogP contribution in [0.1, 0.15) is 70.7 Å². The molecule has 2 aromatic rings. The Balaban J connectivity index is 0.000000373. The molecule has 2 atom stereocenters. The van der Waals surface area contributed by atoms with Crippen molar-refractivity contribution in [2.24, 2.45) is 28.4 Å². The molecule has 4 fully saturated rings. The zero-order valence-electron chi connectivity index (χ0n) is 24.2. The number of primary amides is 1. The number of ether oxygens (including phenoxy) is 1. The Labute approximate surface area is 238 Å². The van der Waals surface area contributed by atoms with Gasteiger partial charge in [0.25, 0.3) is 5.91 Å². The van der Waals surface area contributed by atoms with Crippen molar-refractivity contribution in [2.75, 3.05) is 26.2 Å². The van der Waals surface area contributed by atoms with Gasteiger partial charge in [-0.05, 0) is 50.5 Å². The fourth-order valence-electron chi connectivity index (χ4n) is 6.22. The third-order valence-electron chi connectivity index (χ3n) is 9.00. The summed E-state index contributed by atoms with van der Waals surface area (Å²) in [6.45, 7) is 10.7. The van der Waals surface area contributed by atoms with Crippen LogP contribution in [0.3, 0.4) is 0 Å². The van der Waals surface area contributed by atoms with Gasteiger partial charge in [0.05, 0.1) is 36.4 Å². The molecule has 2 aliphatic heterocycles. The van der Waals surface area contributed by atoms with Crippen LogP contribution in [-0.4, -0.2) is 75.7 Å². The van der Waals surface area contributed by atoms with Gasteiger partial charge in [0.1, 0.15) is 0 Å². The standard InChI is InChI=1S/C24H29N5O3.C7H14O.H2/c1-23(2)8-18(23)22(32)28-14-24(15-28)13-27(12-19(24)20(25)30)21(31)17-9-26-29(11-17)10-16-6-4-3-5-7-16;1-6(2)8-7-4-3-5-7;/h3-7,9,11,18-19H,8,10,12-15H2,1-2H3,(H2,25,30);6-7H,3-5H2,1-2H3;1H/t18-,19+;;/m1../s1. The van der Waals surface area contributed by atoms with Crippen LogP contribution in [0.4, 0.5) is 0 Å². The molecule has 2 saturated heterocycles. The Hall–Kier alpha value is -3.20. The number of benzene rings is 1. The van der Waals surface area contributed by atoms with E-state index in [2.05, 4.69) is 32.8 Å². The first-order chi connectivity index (χ1) is 19.0. The average molecular weight is 552 g/mol. The lowest BCUT2D eigenvalue weighted by molar-refractivity contribution is -0.150. The molecular weight excluding hydrogens is 506 g/mol. The maximum Gasteiger partial charge on any atom is 0.257 e. The molecule has 2 aliphatic carbocycles. The quantitative estimate of drug-likeness (QED) is 0.566. The van der Waals surface area contributed by atoms with E-state index < -0.39 is 17.2 Å². The molecule has 1 spiro atoms. The van der Waals surface area contributed by atoms with Gasteiger partial charge in [-0.1, -0.05) is 44.2 Å². The molecule has 9 nitrogen and oxygen atoms in total. The van der Waals surface area contributed by atoms with E-state index in [1.54, 1.807) is 22.0 Å². The fraction of sp³-hybridized carbons (Fsp3) is 0.613. The molecule has 0 radical (unpaired) electrons. The molecule has 218 valence electrons. The second-order valence-corrected chi connectivity index (χ2v) is 13.1. The second-order valence-electron chi connectivity index (χ2n) is 13.1. The number of rotatable bonds is 7. The summed E-state index contributed by atoms with van der Waals surface area (Å²) >= 11 is 0. The van der Waals surface area contributed by atoms with Crippen molar-refractivity contribution in [2.45, 2.75) is 72.1 Å². The first-order valence-electron chi connectivity index (χ1n) is 14.6. The second kappa shape index (κ2) is 11.0. The van der Waals surface area contributed by atoms with Crippen molar-refractivity contribution in [3.05, 3.63) is 53.9 Å². The van der Waals surface area contributed by atoms with E-state index >= 15 is 0 Å². The molecule has 6 rings (SSSR count). The smallest absolute Gasteiger partial charge is 0.257 e. The average Bonchev–Trinajstić information content (AvgIpc) is 3.20. The molecular formula is C31H45N5O4. The van der Waals surface area contributed by atoms with E-state index in [0.717, 1.165) is 12.0 Å². The number of amides is 3. The molecule has 4 aliphatic rings. The summed E-state index contributed by atoms with van der Waals surface area (Å²) in [6, 6.07) is 9.92. The summed E-state index contributed by atoms with van der Waals surface area (Å²) in [7, 11) is 0. The predicted octanol–water partition coefficient (Wildman–Crippen LogP) is 3.57. The largest absolute Gasteiger partial charge is 0.376 e. The number of hydrogen-bond donors (Lipinski definition) is 1. The summed E-state index contributed by atoms with van der Waals surface area (Å²) in [6.07, 6.45) is 9.21. The van der Waals surface area contributed by atoms with Crippen LogP contribution in [0.2, 0.25) is 0 Å². The van der Waals surface area contributed by atoms with E-state index in [0.29, 0.717) is 44.0 Å². The minimum absolute atomic E-state index is 0. The van der Waals surface area contributed by atoms with Crippen molar-refractivity contribution in [3.63, 3.8) is 0 Å². The van der Waals surface area contributed by atoms with Crippen molar-refractivity contribution in [1.82, 2.24) is 19.6 Å². The van der Waals surface area contributed by atoms with Crippen LogP contribution in [0.15, 0.2) is 42.7 Å². The molecule has 40 heavy (non-hydrogen) atoms. The first-order valence-corrected chi connectivity index (χ1v) is 14.6. The predicted molar refractivity (Wildman–Crippen MR) is 153 cm³/mol. The molecule has 2 N–H and O–H groups in total. The normalized spacial score (nSPS) is 24.2. The number of likely N-dealkylation sites (tertiary alicyclic amines) is 2. The molecule has 3 heterocycles. The van der Waals surface area contributed by atoms with Crippen molar-refractivity contribution < 1.29 is 20.5 Å². The van der Waals surface area contributed by atoms with Crippen LogP contribution in [0.5, 0.6) is 0 Å². The lowest BCUT2D eigenvalue weighted by Gasteiger charge is -2.50. The van der Waals surface area contributed by atoms with Crippen LogP contribution < -0.4 is 5.73 Å². The number of carbonyl (C=O) groups excluding carboxylic acids is 3. The van der Waals surface area contributed by atoms with Crippen LogP contribution in [0.25, 0.3) is 0 Å². The highest BCUT2D eigenvalue weighted by Crippen LogP contribution is 2.54. The Morgan fingerprint density at radius 2 is 1.73 bits per heavy atom. The van der Waals surface area contributed by atoms with E-state index in [9.17, 15) is 14.4 Å². The Bertz CT molecular complexity index is 1240. The molecule has 1 aromatic heterocycles. The van der Waals surface area contributed by atoms with Crippen LogP contribution in [0, 0.1) is 22.7 Å². The summed E-state index contributed by atoms with van der Waals surface area (Å²) < 4.78 is 7.22. The highest BCUT2D eigenvalue weighted by molar-refractivity contribution is 5.95. The number of nitrogens with two attached hydrogens (primary N) is 1. The van der Waals surface area contributed by atoms with Gasteiger partial charge < -0.3 is 20.3 Å². The molecule has 0 bridgehead atoms. The minimum atomic E-state index is -0.443. The maximum absolute atomic E-state index is 13.2. The number of hydrogen-bond acceptors (Lipinski definition) is 5. The molecule has 1 aromatic carbocycles. The van der Waals surface area contributed by atoms with Gasteiger partial charge in [-0.2, -0.15) is 5.10 Å². The van der Waals surface area contributed by atoms with Gasteiger partial charge in [-0.15, -0.1) is 0 Å². The Morgan fingerprint density at radius 1 is 1.07 bits per heavy atom. The minimum Gasteiger partial charge on any atom is -0.376 e. The highest BCUT2D eigenvalue weighted by atomic mass is 16.5. The third-order valence-corrected chi connectivity index (χ3v) is 9.00. The van der Waals surface area contributed by atoms with Crippen molar-refractivity contribution >= 4 is 17.7 Å². The summed E-state index contributed by atoms with van der Waals surface area (Å²) in [4.78, 5) is 41.6. The fourth-order valence-corrected chi connectivity index (χ4v) is 6.22. The summed E-state index contributed by atoms with van der Waals surface area (Å²) in [5, 5.41) is 4.33. The van der Waals surface area contributed by atoms with E-state index in [1.807, 2.05) is 35.2 Å². The van der Waals surface area contributed by atoms with Gasteiger partial charge in [0, 0.05) is 45.1 Å². The van der Waals surface area contributed by atoms with Crippen molar-refractivity contribution in [3.8, 4) is 0 Å². The van der Waals surface area contributed by atoms with Crippen LogP contribution in [-0.2, 0) is 20.9 Å². The van der Waals surface area contributed by atoms with E-state index in [4.69, 9.17) is 10.5 Å². The Kier molecular flexibility index (Phi) is 7.79. The molecule has 2 saturated carbocycles. The third kappa shape index (κ3) is 5.94. The lowest BCUT2D eigenvalue weighted by atomic mass is 9.71. The Morgan fingerprint density at radius 3 is 2.25 bits per heavy atom. The van der Waals surface area contributed by atoms with Gasteiger partial charge in [0.2, 0.25) is 11.8 Å². The van der Waals surface area contributed by atoms with Gasteiger partial charge >= 0.3 is 0 Å². The summed E-state index contributed by atoms with van der Waals surface area (Å²) in [5.74, 6) is -0.765. The molecule has 9 heteroatoms. The van der Waals surface area contributed by atoms with Gasteiger partial charge in [0.15, 0.2) is 0 Å². The number of aromatic nitrogens is 2. The van der Waals surface area contributed by atoms with Gasteiger partial charge in [-0.25, -0.2) is 0 Å². The first kappa shape index (κ1) is 28.3. The maximum atomic E-state index is 13.2. The molecule has 0 unspecified atom stereocenters. The molecule has 3 amide bonds. The van der Waals surface area contributed by atoms with E-state index in [-0.39, 0.29) is 31.1 Å². The van der Waals surface area contributed by atoms with Crippen LogP contribution >= 0.6 is 0 Å². The monoisotopic (exact) mass is 551 g/mol. The topological polar surface area (TPSA) is 111 Å².